The molecule has 0 spiro atoms. The van der Waals surface area contributed by atoms with E-state index in [9.17, 15) is 4.79 Å². The number of amides is 1. The van der Waals surface area contributed by atoms with E-state index in [4.69, 9.17) is 26.2 Å². The number of carbonyl (C=O) groups is 2. The summed E-state index contributed by atoms with van der Waals surface area (Å²) in [5, 5.41) is 23.8. The summed E-state index contributed by atoms with van der Waals surface area (Å²) >= 11 is 0. The Bertz CT molecular complexity index is 162. The molecule has 0 aliphatic carbocycles. The Hall–Kier alpha value is -1.79. The lowest BCUT2D eigenvalue weighted by Crippen LogP contribution is -2.31. The first-order chi connectivity index (χ1) is 5.36. The summed E-state index contributed by atoms with van der Waals surface area (Å²) in [6.07, 6.45) is -1.17. The van der Waals surface area contributed by atoms with Crippen molar-refractivity contribution in [3.05, 3.63) is 0 Å². The van der Waals surface area contributed by atoms with E-state index in [1.165, 1.54) is 0 Å². The molecule has 0 fully saturated rings. The van der Waals surface area contributed by atoms with Crippen LogP contribution in [0.2, 0.25) is 0 Å². The zero-order valence-electron chi connectivity index (χ0n) is 6.50. The highest BCUT2D eigenvalue weighted by Crippen LogP contribution is 1.58. The molecule has 1 amide bonds. The van der Waals surface area contributed by atoms with Crippen LogP contribution in [0.15, 0.2) is 0 Å². The Morgan fingerprint density at radius 2 is 1.83 bits per heavy atom. The number of nitrogens with one attached hydrogen (secondary N) is 2. The van der Waals surface area contributed by atoms with Crippen molar-refractivity contribution in [3.63, 3.8) is 0 Å². The highest BCUT2D eigenvalue weighted by atomic mass is 16.4. The van der Waals surface area contributed by atoms with Gasteiger partial charge in [0, 0.05) is 6.92 Å². The number of carboxylic acids is 1. The molecule has 0 unspecified atom stereocenters. The Kier molecular flexibility index (Phi) is 7.84. The predicted molar refractivity (Wildman–Crippen MR) is 41.3 cm³/mol. The zero-order chi connectivity index (χ0) is 10.1. The van der Waals surface area contributed by atoms with Crippen LogP contribution in [0.4, 0.5) is 4.79 Å². The lowest BCUT2D eigenvalue weighted by Gasteiger charge is -1.94. The topological polar surface area (TPSA) is 136 Å². The molecule has 7 nitrogen and oxygen atoms in total. The molecule has 0 atom stereocenters. The molecule has 0 rings (SSSR count). The van der Waals surface area contributed by atoms with Crippen molar-refractivity contribution >= 4 is 17.9 Å². The molecule has 0 aromatic heterocycles. The molecule has 0 bridgehead atoms. The Balaban J connectivity index is 0. The second kappa shape index (κ2) is 7.32. The maximum Gasteiger partial charge on any atom is 0.405 e. The molecule has 0 heterocycles. The molecule has 6 N–H and O–H groups in total. The minimum absolute atomic E-state index is 0.102. The predicted octanol–water partition coefficient (Wildman–Crippen LogP) is -0.719. The SMILES string of the molecule is CC(=O)O.N=C(N)CNC(=O)O. The Morgan fingerprint density at radius 1 is 1.50 bits per heavy atom. The smallest absolute Gasteiger partial charge is 0.405 e. The van der Waals surface area contributed by atoms with Crippen molar-refractivity contribution < 1.29 is 19.8 Å². The summed E-state index contributed by atoms with van der Waals surface area (Å²) in [7, 11) is 0. The maximum atomic E-state index is 9.64. The van der Waals surface area contributed by atoms with Crippen LogP contribution in [-0.2, 0) is 4.79 Å². The Morgan fingerprint density at radius 3 is 1.92 bits per heavy atom. The quantitative estimate of drug-likeness (QED) is 0.280. The lowest BCUT2D eigenvalue weighted by molar-refractivity contribution is -0.134. The molecule has 0 saturated carbocycles. The molecular formula is C5H11N3O4. The van der Waals surface area contributed by atoms with Gasteiger partial charge in [-0.05, 0) is 0 Å². The van der Waals surface area contributed by atoms with Gasteiger partial charge in [0.05, 0.1) is 6.54 Å². The van der Waals surface area contributed by atoms with Crippen LogP contribution in [0, 0.1) is 5.41 Å². The van der Waals surface area contributed by atoms with Gasteiger partial charge in [-0.1, -0.05) is 0 Å². The number of carboxylic acid groups (broad SMARTS) is 2. The summed E-state index contributed by atoms with van der Waals surface area (Å²) in [5.74, 6) is -1.02. The van der Waals surface area contributed by atoms with E-state index in [2.05, 4.69) is 0 Å². The number of rotatable bonds is 2. The highest BCUT2D eigenvalue weighted by Gasteiger charge is 1.91. The molecule has 70 valence electrons. The summed E-state index contributed by atoms with van der Waals surface area (Å²) in [6.45, 7) is 0.981. The van der Waals surface area contributed by atoms with E-state index in [-0.39, 0.29) is 12.4 Å². The van der Waals surface area contributed by atoms with E-state index in [0.29, 0.717) is 0 Å². The fraction of sp³-hybridized carbons (Fsp3) is 0.400. The van der Waals surface area contributed by atoms with Crippen LogP contribution in [0.25, 0.3) is 0 Å². The van der Waals surface area contributed by atoms with Gasteiger partial charge in [0.1, 0.15) is 5.84 Å². The molecular weight excluding hydrogens is 166 g/mol. The number of hydrogen-bond acceptors (Lipinski definition) is 3. The van der Waals surface area contributed by atoms with E-state index in [0.717, 1.165) is 6.92 Å². The molecule has 12 heavy (non-hydrogen) atoms. The van der Waals surface area contributed by atoms with E-state index < -0.39 is 12.1 Å². The summed E-state index contributed by atoms with van der Waals surface area (Å²) < 4.78 is 0. The van der Waals surface area contributed by atoms with Gasteiger partial charge in [-0.3, -0.25) is 10.2 Å². The molecule has 0 radical (unpaired) electrons. The summed E-state index contributed by atoms with van der Waals surface area (Å²) in [4.78, 5) is 18.6. The van der Waals surface area contributed by atoms with Crippen LogP contribution in [0.3, 0.4) is 0 Å². The molecule has 0 aromatic rings. The van der Waals surface area contributed by atoms with Crippen LogP contribution in [-0.4, -0.2) is 34.7 Å². The average molecular weight is 177 g/mol. The molecule has 0 saturated heterocycles. The third-order valence-corrected chi connectivity index (χ3v) is 0.430. The van der Waals surface area contributed by atoms with Crippen molar-refractivity contribution in [2.24, 2.45) is 5.73 Å². The van der Waals surface area contributed by atoms with E-state index in [1.807, 2.05) is 5.32 Å². The summed E-state index contributed by atoms with van der Waals surface area (Å²) in [5.41, 5.74) is 4.80. The van der Waals surface area contributed by atoms with Gasteiger partial charge in [0.15, 0.2) is 0 Å². The third kappa shape index (κ3) is 41.4. The van der Waals surface area contributed by atoms with Gasteiger partial charge < -0.3 is 21.3 Å². The lowest BCUT2D eigenvalue weighted by atomic mass is 10.6. The number of hydrogen-bond donors (Lipinski definition) is 5. The van der Waals surface area contributed by atoms with Gasteiger partial charge in [-0.25, -0.2) is 4.79 Å². The van der Waals surface area contributed by atoms with Gasteiger partial charge >= 0.3 is 6.09 Å². The first kappa shape index (κ1) is 12.8. The standard InChI is InChI=1S/C3H7N3O2.C2H4O2/c4-2(5)1-6-3(7)8;1-2(3)4/h6H,1H2,(H3,4,5)(H,7,8);1H3,(H,3,4). The molecule has 0 aliphatic rings. The van der Waals surface area contributed by atoms with Crippen molar-refractivity contribution in [1.82, 2.24) is 5.32 Å². The molecule has 7 heteroatoms. The van der Waals surface area contributed by atoms with Crippen LogP contribution >= 0.6 is 0 Å². The highest BCUT2D eigenvalue weighted by molar-refractivity contribution is 5.82. The average Bonchev–Trinajstić information content (AvgIpc) is 1.82. The van der Waals surface area contributed by atoms with Crippen LogP contribution < -0.4 is 11.1 Å². The molecule has 0 aliphatic heterocycles. The fourth-order valence-corrected chi connectivity index (χ4v) is 0.171. The minimum atomic E-state index is -1.17. The summed E-state index contributed by atoms with van der Waals surface area (Å²) in [6, 6.07) is 0. The maximum absolute atomic E-state index is 9.64. The second-order valence-corrected chi connectivity index (χ2v) is 1.70. The number of nitrogens with two attached hydrogens (primary N) is 1. The third-order valence-electron chi connectivity index (χ3n) is 0.430. The Labute approximate surface area is 68.7 Å². The normalized spacial score (nSPS) is 7.42. The zero-order valence-corrected chi connectivity index (χ0v) is 6.50. The largest absolute Gasteiger partial charge is 0.481 e. The minimum Gasteiger partial charge on any atom is -0.481 e. The van der Waals surface area contributed by atoms with Crippen molar-refractivity contribution in [2.45, 2.75) is 6.92 Å². The van der Waals surface area contributed by atoms with Crippen LogP contribution in [0.5, 0.6) is 0 Å². The van der Waals surface area contributed by atoms with Crippen molar-refractivity contribution in [3.8, 4) is 0 Å². The second-order valence-electron chi connectivity index (χ2n) is 1.70. The van der Waals surface area contributed by atoms with Gasteiger partial charge in [-0.15, -0.1) is 0 Å². The van der Waals surface area contributed by atoms with Crippen LogP contribution in [0.1, 0.15) is 6.92 Å². The van der Waals surface area contributed by atoms with E-state index >= 15 is 0 Å². The number of amidine groups is 1. The van der Waals surface area contributed by atoms with Crippen molar-refractivity contribution in [2.75, 3.05) is 6.54 Å². The van der Waals surface area contributed by atoms with Gasteiger partial charge in [0.25, 0.3) is 5.97 Å². The van der Waals surface area contributed by atoms with Gasteiger partial charge in [0.2, 0.25) is 0 Å². The van der Waals surface area contributed by atoms with Gasteiger partial charge in [-0.2, -0.15) is 0 Å². The van der Waals surface area contributed by atoms with Crippen molar-refractivity contribution in [1.29, 1.82) is 5.41 Å². The molecule has 0 aromatic carbocycles. The number of aliphatic carboxylic acids is 1. The first-order valence-corrected chi connectivity index (χ1v) is 2.85. The van der Waals surface area contributed by atoms with E-state index in [1.54, 1.807) is 0 Å². The fourth-order valence-electron chi connectivity index (χ4n) is 0.171. The first-order valence-electron chi connectivity index (χ1n) is 2.85. The monoisotopic (exact) mass is 177 g/mol.